The Morgan fingerprint density at radius 1 is 1.00 bits per heavy atom. The molecular formula is C6H5BrO. The Kier molecular flexibility index (Phi) is 1.26. The third kappa shape index (κ3) is 0.713. The largest absolute Gasteiger partial charge is 0.450 e. The van der Waals surface area contributed by atoms with E-state index in [9.17, 15) is 0 Å². The van der Waals surface area contributed by atoms with E-state index in [1.165, 1.54) is 0 Å². The highest BCUT2D eigenvalue weighted by atomic mass is 79.9. The summed E-state index contributed by atoms with van der Waals surface area (Å²) in [6.07, 6.45) is 0. The van der Waals surface area contributed by atoms with Crippen molar-refractivity contribution in [1.29, 1.82) is 0 Å². The molecule has 0 bridgehead atoms. The van der Waals surface area contributed by atoms with E-state index in [4.69, 9.17) is 4.74 Å². The van der Waals surface area contributed by atoms with Gasteiger partial charge < -0.3 is 4.74 Å². The molecule has 1 aliphatic heterocycles. The van der Waals surface area contributed by atoms with Crippen molar-refractivity contribution in [3.05, 3.63) is 24.3 Å². The molecular weight excluding hydrogens is 168 g/mol. The number of para-hydroxylation sites is 2. The van der Waals surface area contributed by atoms with Gasteiger partial charge in [0.1, 0.15) is 0 Å². The van der Waals surface area contributed by atoms with E-state index in [1.54, 1.807) is 0 Å². The Balaban J connectivity index is 0.000000320. The molecule has 8 heavy (non-hydrogen) atoms. The quantitative estimate of drug-likeness (QED) is 0.557. The lowest BCUT2D eigenvalue weighted by molar-refractivity contribution is 0.650. The van der Waals surface area contributed by atoms with Crippen LogP contribution in [0.2, 0.25) is 0 Å². The zero-order chi connectivity index (χ0) is 4.69. The predicted molar refractivity (Wildman–Crippen MR) is 36.8 cm³/mol. The van der Waals surface area contributed by atoms with Crippen LogP contribution in [0.25, 0.3) is 0 Å². The number of hydrogen-bond donors (Lipinski definition) is 0. The molecule has 1 aromatic carbocycles. The minimum absolute atomic E-state index is 0. The van der Waals surface area contributed by atoms with Crippen molar-refractivity contribution in [3.8, 4) is 11.5 Å². The molecule has 0 aliphatic carbocycles. The van der Waals surface area contributed by atoms with Crippen LogP contribution in [0.15, 0.2) is 24.3 Å². The van der Waals surface area contributed by atoms with Crippen LogP contribution in [0.4, 0.5) is 0 Å². The Morgan fingerprint density at radius 2 is 1.50 bits per heavy atom. The van der Waals surface area contributed by atoms with E-state index >= 15 is 0 Å². The highest BCUT2D eigenvalue weighted by molar-refractivity contribution is 8.93. The molecule has 0 radical (unpaired) electrons. The minimum atomic E-state index is 0. The van der Waals surface area contributed by atoms with E-state index in [0.29, 0.717) is 0 Å². The van der Waals surface area contributed by atoms with Gasteiger partial charge in [-0.05, 0) is 12.1 Å². The van der Waals surface area contributed by atoms with Crippen LogP contribution in [-0.4, -0.2) is 0 Å². The summed E-state index contributed by atoms with van der Waals surface area (Å²) in [4.78, 5) is 0. The summed E-state index contributed by atoms with van der Waals surface area (Å²) < 4.78 is 4.94. The van der Waals surface area contributed by atoms with Crippen LogP contribution in [0.1, 0.15) is 0 Å². The first kappa shape index (κ1) is 5.63. The second-order valence-electron chi connectivity index (χ2n) is 1.55. The Bertz CT molecular complexity index is 176. The molecule has 1 nitrogen and oxygen atoms in total. The van der Waals surface area contributed by atoms with Crippen LogP contribution in [0, 0.1) is 0 Å². The van der Waals surface area contributed by atoms with Crippen molar-refractivity contribution in [2.45, 2.75) is 0 Å². The maximum atomic E-state index is 4.94. The molecule has 0 saturated carbocycles. The predicted octanol–water partition coefficient (Wildman–Crippen LogP) is 2.37. The van der Waals surface area contributed by atoms with Gasteiger partial charge in [0.05, 0.1) is 0 Å². The Labute approximate surface area is 58.1 Å². The van der Waals surface area contributed by atoms with Gasteiger partial charge in [-0.1, -0.05) is 12.1 Å². The van der Waals surface area contributed by atoms with E-state index in [2.05, 4.69) is 0 Å². The molecule has 1 heterocycles. The van der Waals surface area contributed by atoms with Crippen LogP contribution < -0.4 is 4.74 Å². The zero-order valence-electron chi connectivity index (χ0n) is 4.13. The summed E-state index contributed by atoms with van der Waals surface area (Å²) in [5, 5.41) is 0. The maximum Gasteiger partial charge on any atom is 0.170 e. The Hall–Kier alpha value is -0.500. The highest BCUT2D eigenvalue weighted by Crippen LogP contribution is 2.43. The van der Waals surface area contributed by atoms with Crippen LogP contribution in [-0.2, 0) is 0 Å². The minimum Gasteiger partial charge on any atom is -0.450 e. The van der Waals surface area contributed by atoms with Gasteiger partial charge in [0.15, 0.2) is 11.5 Å². The van der Waals surface area contributed by atoms with Gasteiger partial charge in [0, 0.05) is 0 Å². The molecule has 0 N–H and O–H groups in total. The molecule has 1 aromatic rings. The van der Waals surface area contributed by atoms with Gasteiger partial charge in [-0.15, -0.1) is 17.0 Å². The van der Waals surface area contributed by atoms with Crippen molar-refractivity contribution < 1.29 is 4.74 Å². The van der Waals surface area contributed by atoms with Gasteiger partial charge >= 0.3 is 0 Å². The number of fused-ring (bicyclic) bond motifs is 1. The lowest BCUT2D eigenvalue weighted by Gasteiger charge is -1.61. The SMILES string of the molecule is Br.c1ccc2c(c1)O2. The fourth-order valence-electron chi connectivity index (χ4n) is 0.611. The summed E-state index contributed by atoms with van der Waals surface area (Å²) in [6.45, 7) is 0. The first-order valence-corrected chi connectivity index (χ1v) is 2.24. The molecule has 1 aliphatic rings. The third-order valence-electron chi connectivity index (χ3n) is 1.03. The smallest absolute Gasteiger partial charge is 0.170 e. The molecule has 0 unspecified atom stereocenters. The van der Waals surface area contributed by atoms with Crippen molar-refractivity contribution in [2.75, 3.05) is 0 Å². The van der Waals surface area contributed by atoms with Crippen LogP contribution in [0.5, 0.6) is 11.5 Å². The summed E-state index contributed by atoms with van der Waals surface area (Å²) in [6, 6.07) is 7.84. The maximum absolute atomic E-state index is 4.94. The van der Waals surface area contributed by atoms with Gasteiger partial charge in [0.2, 0.25) is 0 Å². The van der Waals surface area contributed by atoms with E-state index < -0.39 is 0 Å². The molecule has 0 fully saturated rings. The number of hydrogen-bond acceptors (Lipinski definition) is 1. The van der Waals surface area contributed by atoms with Crippen molar-refractivity contribution >= 4 is 17.0 Å². The molecule has 42 valence electrons. The second kappa shape index (κ2) is 1.78. The standard InChI is InChI=1S/C6H4O.BrH/c1-2-4-6-5(3-1)7-6;/h1-4H;1H. The highest BCUT2D eigenvalue weighted by Gasteiger charge is 2.15. The topological polar surface area (TPSA) is 12.5 Å². The van der Waals surface area contributed by atoms with E-state index in [1.807, 2.05) is 24.3 Å². The first-order chi connectivity index (χ1) is 3.47. The average molecular weight is 173 g/mol. The van der Waals surface area contributed by atoms with Gasteiger partial charge in [-0.25, -0.2) is 0 Å². The van der Waals surface area contributed by atoms with Crippen LogP contribution in [0.3, 0.4) is 0 Å². The molecule has 0 aromatic heterocycles. The van der Waals surface area contributed by atoms with E-state index in [-0.39, 0.29) is 17.0 Å². The third-order valence-corrected chi connectivity index (χ3v) is 1.03. The molecule has 2 rings (SSSR count). The molecule has 2 heteroatoms. The second-order valence-corrected chi connectivity index (χ2v) is 1.55. The molecule has 0 amide bonds. The summed E-state index contributed by atoms with van der Waals surface area (Å²) in [7, 11) is 0. The summed E-state index contributed by atoms with van der Waals surface area (Å²) in [5.41, 5.74) is 0. The van der Waals surface area contributed by atoms with Gasteiger partial charge in [-0.3, -0.25) is 0 Å². The Morgan fingerprint density at radius 3 is 1.88 bits per heavy atom. The van der Waals surface area contributed by atoms with Crippen molar-refractivity contribution in [1.82, 2.24) is 0 Å². The van der Waals surface area contributed by atoms with E-state index in [0.717, 1.165) is 11.5 Å². The molecule has 0 atom stereocenters. The lowest BCUT2D eigenvalue weighted by atomic mass is 10.4. The van der Waals surface area contributed by atoms with Crippen molar-refractivity contribution in [3.63, 3.8) is 0 Å². The first-order valence-electron chi connectivity index (χ1n) is 2.24. The molecule has 0 saturated heterocycles. The van der Waals surface area contributed by atoms with Gasteiger partial charge in [0.25, 0.3) is 0 Å². The zero-order valence-corrected chi connectivity index (χ0v) is 5.84. The average Bonchev–Trinajstić information content (AvgIpc) is 2.41. The fourth-order valence-corrected chi connectivity index (χ4v) is 0.611. The summed E-state index contributed by atoms with van der Waals surface area (Å²) in [5.74, 6) is 2.06. The lowest BCUT2D eigenvalue weighted by Crippen LogP contribution is -1.37. The monoisotopic (exact) mass is 172 g/mol. The normalized spacial score (nSPS) is 10.5. The fraction of sp³-hybridized carbons (Fsp3) is 0. The number of ether oxygens (including phenoxy) is 1. The molecule has 0 spiro atoms. The van der Waals surface area contributed by atoms with Gasteiger partial charge in [-0.2, -0.15) is 0 Å². The summed E-state index contributed by atoms with van der Waals surface area (Å²) >= 11 is 0. The number of halogens is 1. The number of benzene rings is 1. The number of rotatable bonds is 0. The van der Waals surface area contributed by atoms with Crippen LogP contribution >= 0.6 is 17.0 Å². The van der Waals surface area contributed by atoms with Crippen molar-refractivity contribution in [2.24, 2.45) is 0 Å².